The van der Waals surface area contributed by atoms with Gasteiger partial charge in [0.2, 0.25) is 10.0 Å². The van der Waals surface area contributed by atoms with Crippen LogP contribution in [0.25, 0.3) is 11.3 Å². The van der Waals surface area contributed by atoms with Crippen molar-refractivity contribution in [1.82, 2.24) is 24.3 Å². The van der Waals surface area contributed by atoms with Crippen molar-refractivity contribution < 1.29 is 8.42 Å². The monoisotopic (exact) mass is 627 g/mol. The van der Waals surface area contributed by atoms with E-state index in [1.54, 1.807) is 4.31 Å². The number of nitrogens with zero attached hydrogens (tertiary/aromatic N) is 4. The summed E-state index contributed by atoms with van der Waals surface area (Å²) in [5.41, 5.74) is 6.33. The van der Waals surface area contributed by atoms with Gasteiger partial charge in [-0.3, -0.25) is 4.68 Å². The van der Waals surface area contributed by atoms with E-state index >= 15 is 0 Å². The smallest absolute Gasteiger partial charge is 0.211 e. The highest BCUT2D eigenvalue weighted by atomic mass is 35.5. The lowest BCUT2D eigenvalue weighted by Crippen LogP contribution is -2.35. The van der Waals surface area contributed by atoms with Gasteiger partial charge in [-0.2, -0.15) is 9.40 Å². The van der Waals surface area contributed by atoms with Gasteiger partial charge >= 0.3 is 0 Å². The summed E-state index contributed by atoms with van der Waals surface area (Å²) in [6.07, 6.45) is 6.81. The molecule has 0 atom stereocenters. The van der Waals surface area contributed by atoms with E-state index in [1.807, 2.05) is 36.4 Å². The summed E-state index contributed by atoms with van der Waals surface area (Å²) in [7, 11) is -3.32. The highest BCUT2D eigenvalue weighted by molar-refractivity contribution is 7.88. The molecule has 3 aromatic rings. The first-order valence-electron chi connectivity index (χ1n) is 14.8. The van der Waals surface area contributed by atoms with Gasteiger partial charge < -0.3 is 10.2 Å². The van der Waals surface area contributed by atoms with Gasteiger partial charge in [0.25, 0.3) is 0 Å². The zero-order chi connectivity index (χ0) is 29.7. The van der Waals surface area contributed by atoms with Crippen molar-refractivity contribution in [3.8, 4) is 23.1 Å². The molecule has 2 aromatic carbocycles. The van der Waals surface area contributed by atoms with Crippen LogP contribution in [0.4, 0.5) is 0 Å². The fourth-order valence-electron chi connectivity index (χ4n) is 5.75. The van der Waals surface area contributed by atoms with Crippen LogP contribution in [-0.4, -0.2) is 66.4 Å². The molecule has 42 heavy (non-hydrogen) atoms. The summed E-state index contributed by atoms with van der Waals surface area (Å²) in [6.45, 7) is 8.59. The second kappa shape index (κ2) is 13.9. The van der Waals surface area contributed by atoms with Crippen LogP contribution in [0.15, 0.2) is 36.4 Å². The van der Waals surface area contributed by atoms with Gasteiger partial charge in [0.1, 0.15) is 0 Å². The molecule has 0 radical (unpaired) electrons. The third-order valence-electron chi connectivity index (χ3n) is 8.05. The van der Waals surface area contributed by atoms with E-state index in [2.05, 4.69) is 33.7 Å². The summed E-state index contributed by atoms with van der Waals surface area (Å²) in [5, 5.41) is 9.63. The van der Waals surface area contributed by atoms with Crippen LogP contribution in [0.5, 0.6) is 0 Å². The normalized spacial score (nSPS) is 16.2. The summed E-state index contributed by atoms with van der Waals surface area (Å²) in [5.74, 6) is 6.48. The second-order valence-electron chi connectivity index (χ2n) is 11.1. The van der Waals surface area contributed by atoms with Crippen molar-refractivity contribution in [2.24, 2.45) is 0 Å². The Balaban J connectivity index is 1.44. The summed E-state index contributed by atoms with van der Waals surface area (Å²) in [4.78, 5) is 2.54. The fourth-order valence-corrected chi connectivity index (χ4v) is 6.88. The second-order valence-corrected chi connectivity index (χ2v) is 13.9. The maximum Gasteiger partial charge on any atom is 0.211 e. The number of aryl methyl sites for hydroxylation is 1. The lowest BCUT2D eigenvalue weighted by Gasteiger charge is -2.27. The quantitative estimate of drug-likeness (QED) is 0.315. The van der Waals surface area contributed by atoms with Crippen molar-refractivity contribution in [2.75, 3.05) is 39.0 Å². The van der Waals surface area contributed by atoms with Crippen LogP contribution in [0.3, 0.4) is 0 Å². The molecule has 0 saturated carbocycles. The van der Waals surface area contributed by atoms with E-state index in [-0.39, 0.29) is 0 Å². The number of hydrogen-bond acceptors (Lipinski definition) is 5. The molecule has 0 bridgehead atoms. The minimum absolute atomic E-state index is 0.318. The van der Waals surface area contributed by atoms with Gasteiger partial charge in [-0.1, -0.05) is 54.5 Å². The molecule has 0 unspecified atom stereocenters. The van der Waals surface area contributed by atoms with Crippen LogP contribution < -0.4 is 5.32 Å². The van der Waals surface area contributed by atoms with Gasteiger partial charge in [-0.25, -0.2) is 8.42 Å². The van der Waals surface area contributed by atoms with Crippen LogP contribution in [0.2, 0.25) is 10.0 Å². The average molecular weight is 629 g/mol. The highest BCUT2D eigenvalue weighted by Gasteiger charge is 2.30. The van der Waals surface area contributed by atoms with Gasteiger partial charge in [0, 0.05) is 65.6 Å². The van der Waals surface area contributed by atoms with Crippen molar-refractivity contribution in [3.63, 3.8) is 0 Å². The summed E-state index contributed by atoms with van der Waals surface area (Å²) in [6, 6.07) is 11.5. The van der Waals surface area contributed by atoms with Crippen molar-refractivity contribution in [2.45, 2.75) is 58.7 Å². The number of halogens is 2. The lowest BCUT2D eigenvalue weighted by molar-refractivity contribution is 0.221. The Kier molecular flexibility index (Phi) is 10.3. The number of benzene rings is 2. The van der Waals surface area contributed by atoms with Crippen molar-refractivity contribution in [1.29, 1.82) is 0 Å². The first-order chi connectivity index (χ1) is 20.2. The molecule has 3 heterocycles. The minimum Gasteiger partial charge on any atom is -0.313 e. The maximum absolute atomic E-state index is 12.5. The Morgan fingerprint density at radius 3 is 2.52 bits per heavy atom. The molecule has 1 saturated heterocycles. The van der Waals surface area contributed by atoms with Gasteiger partial charge in [-0.15, -0.1) is 0 Å². The van der Waals surface area contributed by atoms with E-state index in [9.17, 15) is 8.42 Å². The van der Waals surface area contributed by atoms with E-state index in [4.69, 9.17) is 28.3 Å². The number of hydrogen-bond donors (Lipinski definition) is 1. The fraction of sp³-hybridized carbons (Fsp3) is 0.469. The van der Waals surface area contributed by atoms with Crippen molar-refractivity contribution >= 4 is 33.2 Å². The van der Waals surface area contributed by atoms with Gasteiger partial charge in [0.05, 0.1) is 17.0 Å². The van der Waals surface area contributed by atoms with Crippen LogP contribution in [0, 0.1) is 11.8 Å². The topological polar surface area (TPSA) is 70.5 Å². The zero-order valence-electron chi connectivity index (χ0n) is 24.4. The Morgan fingerprint density at radius 2 is 1.76 bits per heavy atom. The van der Waals surface area contributed by atoms with E-state index in [1.165, 1.54) is 38.6 Å². The molecule has 7 nitrogen and oxygen atoms in total. The molecule has 2 aliphatic heterocycles. The number of fused-ring (bicyclic) bond motifs is 1. The maximum atomic E-state index is 12.5. The molecule has 224 valence electrons. The summed E-state index contributed by atoms with van der Waals surface area (Å²) >= 11 is 13.0. The molecule has 5 rings (SSSR count). The first kappa shape index (κ1) is 31.1. The average Bonchev–Trinajstić information content (AvgIpc) is 3.34. The molecule has 1 N–H and O–H groups in total. The SMILES string of the molecule is CCNCc1cc(C#Cc2cc(-c3nn(CCCN4CCCCC4)c4c3CN(S(C)(=O)=O)CC4)ccc2Cl)ccc1Cl. The first-order valence-corrected chi connectivity index (χ1v) is 17.4. The largest absolute Gasteiger partial charge is 0.313 e. The molecule has 1 aromatic heterocycles. The number of aromatic nitrogens is 2. The highest BCUT2D eigenvalue weighted by Crippen LogP contribution is 2.33. The van der Waals surface area contributed by atoms with Gasteiger partial charge in [-0.05, 0) is 81.3 Å². The van der Waals surface area contributed by atoms with E-state index in [0.29, 0.717) is 41.7 Å². The van der Waals surface area contributed by atoms with Crippen LogP contribution in [0.1, 0.15) is 60.6 Å². The molecule has 0 spiro atoms. The number of likely N-dealkylation sites (tertiary alicyclic amines) is 1. The lowest BCUT2D eigenvalue weighted by atomic mass is 10.0. The third kappa shape index (κ3) is 7.57. The molecule has 0 aliphatic carbocycles. The minimum atomic E-state index is -3.32. The number of piperidine rings is 1. The third-order valence-corrected chi connectivity index (χ3v) is 10.0. The predicted molar refractivity (Wildman–Crippen MR) is 171 cm³/mol. The van der Waals surface area contributed by atoms with E-state index < -0.39 is 10.0 Å². The molecule has 0 amide bonds. The molecular weight excluding hydrogens is 589 g/mol. The standard InChI is InChI=1S/C32H39Cl2N5O2S/c1-3-35-22-27-20-24(9-12-30(27)34)8-10-25-21-26(11-13-29(25)33)32-28-23-38(42(2,40)41)19-14-31(28)39(36-32)18-7-17-37-15-5-4-6-16-37/h9,11-13,20-21,35H,3-7,14-19,22-23H2,1-2H3. The Morgan fingerprint density at radius 1 is 0.976 bits per heavy atom. The number of nitrogens with one attached hydrogen (secondary N) is 1. The number of rotatable bonds is 9. The van der Waals surface area contributed by atoms with Crippen LogP contribution in [-0.2, 0) is 36.1 Å². The molecule has 1 fully saturated rings. The predicted octanol–water partition coefficient (Wildman–Crippen LogP) is 5.56. The van der Waals surface area contributed by atoms with Crippen molar-refractivity contribution in [3.05, 3.63) is 74.4 Å². The molecule has 10 heteroatoms. The Bertz CT molecular complexity index is 1590. The zero-order valence-corrected chi connectivity index (χ0v) is 26.8. The summed E-state index contributed by atoms with van der Waals surface area (Å²) < 4.78 is 28.6. The Hall–Kier alpha value is -2.38. The number of sulfonamides is 1. The van der Waals surface area contributed by atoms with E-state index in [0.717, 1.165) is 59.7 Å². The molecule has 2 aliphatic rings. The van der Waals surface area contributed by atoms with Gasteiger partial charge in [0.15, 0.2) is 0 Å². The molecular formula is C32H39Cl2N5O2S. The van der Waals surface area contributed by atoms with Crippen LogP contribution >= 0.6 is 23.2 Å². The Labute approximate surface area is 260 Å².